The highest BCUT2D eigenvalue weighted by atomic mass is 16.4. The fourth-order valence-corrected chi connectivity index (χ4v) is 1.03. The van der Waals surface area contributed by atoms with Crippen LogP contribution in [0.2, 0.25) is 0 Å². The first kappa shape index (κ1) is 9.52. The molecule has 0 aliphatic heterocycles. The van der Waals surface area contributed by atoms with E-state index in [4.69, 9.17) is 0 Å². The normalized spacial score (nSPS) is 10.6. The highest BCUT2D eigenvalue weighted by molar-refractivity contribution is 5.83. The van der Waals surface area contributed by atoms with E-state index in [9.17, 15) is 9.90 Å². The second-order valence-corrected chi connectivity index (χ2v) is 3.00. The fourth-order valence-electron chi connectivity index (χ4n) is 1.03. The molecule has 0 amide bonds. The van der Waals surface area contributed by atoms with E-state index in [-0.39, 0.29) is 0 Å². The van der Waals surface area contributed by atoms with Gasteiger partial charge in [0.15, 0.2) is 0 Å². The van der Waals surface area contributed by atoms with E-state index >= 15 is 0 Å². The molecule has 1 rings (SSSR count). The molecule has 0 aromatic heterocycles. The smallest absolute Gasteiger partial charge is 0.0643 e. The maximum absolute atomic E-state index is 10.1. The van der Waals surface area contributed by atoms with E-state index in [1.807, 2.05) is 32.0 Å². The Bertz CT molecular complexity index is 351. The highest BCUT2D eigenvalue weighted by Crippen LogP contribution is 2.10. The Morgan fingerprint density at radius 1 is 1.31 bits per heavy atom. The lowest BCUT2D eigenvalue weighted by atomic mass is 10.1. The second-order valence-electron chi connectivity index (χ2n) is 3.00. The van der Waals surface area contributed by atoms with Gasteiger partial charge in [0.25, 0.3) is 0 Å². The molecule has 0 heterocycles. The number of carboxylic acid groups (broad SMARTS) is 1. The average Bonchev–Trinajstić information content (AvgIpc) is 2.07. The predicted molar refractivity (Wildman–Crippen MR) is 50.0 cm³/mol. The Labute approximate surface area is 77.5 Å². The number of rotatable bonds is 2. The zero-order chi connectivity index (χ0) is 9.84. The van der Waals surface area contributed by atoms with Crippen molar-refractivity contribution in [3.8, 4) is 0 Å². The SMILES string of the molecule is Cc1ccc(/C=C/C(=O)[O-])cc1C. The van der Waals surface area contributed by atoms with E-state index in [1.165, 1.54) is 11.6 Å². The summed E-state index contributed by atoms with van der Waals surface area (Å²) in [5.41, 5.74) is 3.23. The molecule has 0 aliphatic rings. The van der Waals surface area contributed by atoms with Crippen molar-refractivity contribution in [2.45, 2.75) is 13.8 Å². The summed E-state index contributed by atoms with van der Waals surface area (Å²) < 4.78 is 0. The Balaban J connectivity index is 2.92. The van der Waals surface area contributed by atoms with Gasteiger partial charge in [-0.15, -0.1) is 0 Å². The van der Waals surface area contributed by atoms with Crippen molar-refractivity contribution in [1.82, 2.24) is 0 Å². The van der Waals surface area contributed by atoms with Crippen LogP contribution in [0.5, 0.6) is 0 Å². The third-order valence-electron chi connectivity index (χ3n) is 1.94. The molecule has 13 heavy (non-hydrogen) atoms. The molecule has 0 N–H and O–H groups in total. The van der Waals surface area contributed by atoms with Crippen LogP contribution in [0, 0.1) is 13.8 Å². The zero-order valence-electron chi connectivity index (χ0n) is 7.70. The first-order valence-corrected chi connectivity index (χ1v) is 4.06. The van der Waals surface area contributed by atoms with E-state index in [2.05, 4.69) is 0 Å². The van der Waals surface area contributed by atoms with Gasteiger partial charge in [0.05, 0.1) is 5.97 Å². The Kier molecular flexibility index (Phi) is 2.85. The van der Waals surface area contributed by atoms with Crippen molar-refractivity contribution in [2.75, 3.05) is 0 Å². The number of carbonyl (C=O) groups is 1. The van der Waals surface area contributed by atoms with Crippen LogP contribution in [0.4, 0.5) is 0 Å². The van der Waals surface area contributed by atoms with Gasteiger partial charge in [0.2, 0.25) is 0 Å². The predicted octanol–water partition coefficient (Wildman–Crippen LogP) is 1.07. The second kappa shape index (κ2) is 3.90. The minimum absolute atomic E-state index is 0.882. The lowest BCUT2D eigenvalue weighted by Crippen LogP contribution is -2.18. The van der Waals surface area contributed by atoms with E-state index in [1.54, 1.807) is 0 Å². The molecule has 0 spiro atoms. The Morgan fingerprint density at radius 3 is 2.54 bits per heavy atom. The van der Waals surface area contributed by atoms with Crippen LogP contribution in [0.25, 0.3) is 6.08 Å². The summed E-state index contributed by atoms with van der Waals surface area (Å²) in [7, 11) is 0. The zero-order valence-corrected chi connectivity index (χ0v) is 7.70. The average molecular weight is 175 g/mol. The third kappa shape index (κ3) is 2.75. The highest BCUT2D eigenvalue weighted by Gasteiger charge is 1.91. The number of hydrogen-bond donors (Lipinski definition) is 0. The van der Waals surface area contributed by atoms with Crippen LogP contribution >= 0.6 is 0 Å². The maximum atomic E-state index is 10.1. The summed E-state index contributed by atoms with van der Waals surface area (Å²) in [5, 5.41) is 10.1. The van der Waals surface area contributed by atoms with E-state index in [0.717, 1.165) is 17.2 Å². The maximum Gasteiger partial charge on any atom is 0.0643 e. The van der Waals surface area contributed by atoms with Gasteiger partial charge in [-0.1, -0.05) is 24.3 Å². The molecule has 2 nitrogen and oxygen atoms in total. The quantitative estimate of drug-likeness (QED) is 0.631. The van der Waals surface area contributed by atoms with Gasteiger partial charge < -0.3 is 9.90 Å². The summed E-state index contributed by atoms with van der Waals surface area (Å²) >= 11 is 0. The van der Waals surface area contributed by atoms with Gasteiger partial charge in [0.1, 0.15) is 0 Å². The van der Waals surface area contributed by atoms with Gasteiger partial charge in [-0.05, 0) is 36.6 Å². The summed E-state index contributed by atoms with van der Waals surface area (Å²) in [6.07, 6.45) is 2.56. The van der Waals surface area contributed by atoms with Gasteiger partial charge >= 0.3 is 0 Å². The molecule has 0 saturated heterocycles. The summed E-state index contributed by atoms with van der Waals surface area (Å²) in [6.45, 7) is 4.01. The molecule has 0 aliphatic carbocycles. The number of hydrogen-bond acceptors (Lipinski definition) is 2. The molecule has 1 aromatic rings. The van der Waals surface area contributed by atoms with Crippen LogP contribution in [0.15, 0.2) is 24.3 Å². The minimum atomic E-state index is -1.17. The molecule has 0 fully saturated rings. The van der Waals surface area contributed by atoms with Gasteiger partial charge in [0, 0.05) is 0 Å². The first-order chi connectivity index (χ1) is 6.09. The third-order valence-corrected chi connectivity index (χ3v) is 1.94. The van der Waals surface area contributed by atoms with Crippen LogP contribution in [0.1, 0.15) is 16.7 Å². The minimum Gasteiger partial charge on any atom is -0.545 e. The van der Waals surface area contributed by atoms with Crippen LogP contribution in [0.3, 0.4) is 0 Å². The lowest BCUT2D eigenvalue weighted by molar-refractivity contribution is -0.297. The van der Waals surface area contributed by atoms with Crippen molar-refractivity contribution < 1.29 is 9.90 Å². The van der Waals surface area contributed by atoms with E-state index < -0.39 is 5.97 Å². The molecule has 0 atom stereocenters. The molecule has 2 heteroatoms. The lowest BCUT2D eigenvalue weighted by Gasteiger charge is -2.00. The summed E-state index contributed by atoms with van der Waals surface area (Å²) in [6, 6.07) is 5.78. The standard InChI is InChI=1S/C11H12O2/c1-8-3-4-10(7-9(8)2)5-6-11(12)13/h3-7H,1-2H3,(H,12,13)/p-1/b6-5+. The fraction of sp³-hybridized carbons (Fsp3) is 0.182. The van der Waals surface area contributed by atoms with Gasteiger partial charge in [-0.25, -0.2) is 0 Å². The molecule has 0 radical (unpaired) electrons. The molecular weight excluding hydrogens is 164 g/mol. The molecular formula is C11H11O2-. The van der Waals surface area contributed by atoms with Crippen LogP contribution in [-0.2, 0) is 4.79 Å². The summed E-state index contributed by atoms with van der Waals surface area (Å²) in [5.74, 6) is -1.17. The molecule has 1 aromatic carbocycles. The molecule has 0 saturated carbocycles. The summed E-state index contributed by atoms with van der Waals surface area (Å²) in [4.78, 5) is 10.1. The number of aliphatic carboxylic acids is 1. The van der Waals surface area contributed by atoms with E-state index in [0.29, 0.717) is 0 Å². The molecule has 0 unspecified atom stereocenters. The molecule has 68 valence electrons. The van der Waals surface area contributed by atoms with Crippen molar-refractivity contribution >= 4 is 12.0 Å². The number of aryl methyl sites for hydroxylation is 2. The van der Waals surface area contributed by atoms with Crippen molar-refractivity contribution in [1.29, 1.82) is 0 Å². The molecule has 0 bridgehead atoms. The number of benzene rings is 1. The monoisotopic (exact) mass is 175 g/mol. The van der Waals surface area contributed by atoms with Crippen LogP contribution in [-0.4, -0.2) is 5.97 Å². The largest absolute Gasteiger partial charge is 0.545 e. The van der Waals surface area contributed by atoms with Crippen molar-refractivity contribution in [3.63, 3.8) is 0 Å². The number of carbonyl (C=O) groups excluding carboxylic acids is 1. The topological polar surface area (TPSA) is 40.1 Å². The van der Waals surface area contributed by atoms with Crippen molar-refractivity contribution in [2.24, 2.45) is 0 Å². The van der Waals surface area contributed by atoms with Gasteiger partial charge in [-0.2, -0.15) is 0 Å². The first-order valence-electron chi connectivity index (χ1n) is 4.06. The Morgan fingerprint density at radius 2 is 2.00 bits per heavy atom. The Hall–Kier alpha value is -1.57. The van der Waals surface area contributed by atoms with Gasteiger partial charge in [-0.3, -0.25) is 0 Å². The van der Waals surface area contributed by atoms with Crippen molar-refractivity contribution in [3.05, 3.63) is 41.0 Å². The number of carboxylic acids is 1. The van der Waals surface area contributed by atoms with Crippen LogP contribution < -0.4 is 5.11 Å².